The van der Waals surface area contributed by atoms with Gasteiger partial charge >= 0.3 is 5.97 Å². The molecule has 1 atom stereocenters. The standard InChI is InChI=1S/C22H31N3O3/c1-6-25(7-2)18(13-17-11-9-8-10-12-17)14-23-21(26)20-15(3)19(16(4)24-20)22(27)28-5/h8-12,18,24H,6-7,13-14H2,1-5H3,(H,23,26)/t18-/m0/s1. The van der Waals surface area contributed by atoms with Crippen LogP contribution in [0.2, 0.25) is 0 Å². The number of carbonyl (C=O) groups is 2. The summed E-state index contributed by atoms with van der Waals surface area (Å²) in [6.07, 6.45) is 0.860. The first-order valence-electron chi connectivity index (χ1n) is 9.76. The van der Waals surface area contributed by atoms with Crippen molar-refractivity contribution in [1.82, 2.24) is 15.2 Å². The normalized spacial score (nSPS) is 12.1. The van der Waals surface area contributed by atoms with E-state index >= 15 is 0 Å². The van der Waals surface area contributed by atoms with Crippen LogP contribution in [0, 0.1) is 13.8 Å². The number of nitrogens with zero attached hydrogens (tertiary/aromatic N) is 1. The molecule has 0 aliphatic heterocycles. The molecule has 0 aliphatic carbocycles. The Kier molecular flexibility index (Phi) is 7.81. The lowest BCUT2D eigenvalue weighted by Crippen LogP contribution is -2.45. The zero-order valence-electron chi connectivity index (χ0n) is 17.5. The molecule has 0 unspecified atom stereocenters. The second-order valence-corrected chi connectivity index (χ2v) is 6.89. The van der Waals surface area contributed by atoms with Gasteiger partial charge in [0, 0.05) is 18.3 Å². The Bertz CT molecular complexity index is 795. The second kappa shape index (κ2) is 10.1. The van der Waals surface area contributed by atoms with Gasteiger partial charge in [-0.1, -0.05) is 44.2 Å². The topological polar surface area (TPSA) is 74.4 Å². The Morgan fingerprint density at radius 1 is 1.14 bits per heavy atom. The van der Waals surface area contributed by atoms with Crippen molar-refractivity contribution in [2.45, 2.75) is 40.2 Å². The van der Waals surface area contributed by atoms with E-state index < -0.39 is 5.97 Å². The molecule has 0 saturated carbocycles. The van der Waals surface area contributed by atoms with Crippen molar-refractivity contribution >= 4 is 11.9 Å². The van der Waals surface area contributed by atoms with E-state index in [1.807, 2.05) is 18.2 Å². The maximum absolute atomic E-state index is 12.8. The number of H-pyrrole nitrogens is 1. The fraction of sp³-hybridized carbons (Fsp3) is 0.455. The summed E-state index contributed by atoms with van der Waals surface area (Å²) < 4.78 is 4.82. The molecule has 2 aromatic rings. The maximum Gasteiger partial charge on any atom is 0.339 e. The van der Waals surface area contributed by atoms with Gasteiger partial charge in [-0.3, -0.25) is 9.69 Å². The molecule has 0 spiro atoms. The minimum absolute atomic E-state index is 0.192. The molecule has 2 rings (SSSR count). The van der Waals surface area contributed by atoms with Gasteiger partial charge in [-0.2, -0.15) is 0 Å². The van der Waals surface area contributed by atoms with Gasteiger partial charge in [-0.05, 0) is 44.5 Å². The average molecular weight is 386 g/mol. The summed E-state index contributed by atoms with van der Waals surface area (Å²) in [7, 11) is 1.34. The third-order valence-corrected chi connectivity index (χ3v) is 5.20. The fourth-order valence-electron chi connectivity index (χ4n) is 3.64. The van der Waals surface area contributed by atoms with Crippen LogP contribution in [0.25, 0.3) is 0 Å². The number of benzene rings is 1. The van der Waals surface area contributed by atoms with Crippen LogP contribution in [0.5, 0.6) is 0 Å². The molecule has 1 heterocycles. The highest BCUT2D eigenvalue weighted by Gasteiger charge is 2.24. The van der Waals surface area contributed by atoms with Crippen molar-refractivity contribution in [3.8, 4) is 0 Å². The average Bonchev–Trinajstić information content (AvgIpc) is 3.01. The molecule has 152 valence electrons. The minimum Gasteiger partial charge on any atom is -0.465 e. The molecule has 0 saturated heterocycles. The van der Waals surface area contributed by atoms with Gasteiger partial charge in [-0.15, -0.1) is 0 Å². The minimum atomic E-state index is -0.435. The Labute approximate surface area is 167 Å². The molecule has 28 heavy (non-hydrogen) atoms. The SMILES string of the molecule is CCN(CC)[C@H](CNC(=O)c1[nH]c(C)c(C(=O)OC)c1C)Cc1ccccc1. The molecule has 2 N–H and O–H groups in total. The summed E-state index contributed by atoms with van der Waals surface area (Å²) in [4.78, 5) is 30.1. The van der Waals surface area contributed by atoms with Crippen molar-refractivity contribution in [2.24, 2.45) is 0 Å². The van der Waals surface area contributed by atoms with Crippen molar-refractivity contribution in [2.75, 3.05) is 26.7 Å². The van der Waals surface area contributed by atoms with E-state index in [1.165, 1.54) is 12.7 Å². The molecule has 1 aromatic carbocycles. The first kappa shape index (κ1) is 21.7. The van der Waals surface area contributed by atoms with Gasteiger partial charge in [-0.25, -0.2) is 4.79 Å². The summed E-state index contributed by atoms with van der Waals surface area (Å²) in [6.45, 7) is 10.1. The Balaban J connectivity index is 2.14. The van der Waals surface area contributed by atoms with E-state index in [4.69, 9.17) is 4.74 Å². The van der Waals surface area contributed by atoms with E-state index in [9.17, 15) is 9.59 Å². The van der Waals surface area contributed by atoms with E-state index in [-0.39, 0.29) is 11.9 Å². The van der Waals surface area contributed by atoms with Crippen LogP contribution in [0.3, 0.4) is 0 Å². The lowest BCUT2D eigenvalue weighted by Gasteiger charge is -2.30. The highest BCUT2D eigenvalue weighted by molar-refractivity contribution is 6.00. The first-order chi connectivity index (χ1) is 13.4. The lowest BCUT2D eigenvalue weighted by molar-refractivity contribution is 0.0599. The van der Waals surface area contributed by atoms with Crippen LogP contribution in [0.4, 0.5) is 0 Å². The van der Waals surface area contributed by atoms with E-state index in [0.717, 1.165) is 19.5 Å². The maximum atomic E-state index is 12.8. The largest absolute Gasteiger partial charge is 0.465 e. The molecule has 1 aromatic heterocycles. The smallest absolute Gasteiger partial charge is 0.339 e. The van der Waals surface area contributed by atoms with Gasteiger partial charge in [0.25, 0.3) is 5.91 Å². The van der Waals surface area contributed by atoms with Crippen LogP contribution in [-0.2, 0) is 11.2 Å². The highest BCUT2D eigenvalue weighted by Crippen LogP contribution is 2.19. The van der Waals surface area contributed by atoms with Gasteiger partial charge in [0.2, 0.25) is 0 Å². The number of rotatable bonds is 9. The molecule has 0 bridgehead atoms. The Hall–Kier alpha value is -2.60. The molecule has 0 aliphatic rings. The molecule has 6 heteroatoms. The van der Waals surface area contributed by atoms with Gasteiger partial charge in [0.15, 0.2) is 0 Å². The summed E-state index contributed by atoms with van der Waals surface area (Å²) in [5, 5.41) is 3.04. The lowest BCUT2D eigenvalue weighted by atomic mass is 10.0. The second-order valence-electron chi connectivity index (χ2n) is 6.89. The summed E-state index contributed by atoms with van der Waals surface area (Å²) in [6, 6.07) is 10.5. The van der Waals surface area contributed by atoms with Crippen molar-refractivity contribution in [1.29, 1.82) is 0 Å². The van der Waals surface area contributed by atoms with Crippen molar-refractivity contribution in [3.05, 3.63) is 58.4 Å². The van der Waals surface area contributed by atoms with E-state index in [1.54, 1.807) is 13.8 Å². The number of aryl methyl sites for hydroxylation is 1. The fourth-order valence-corrected chi connectivity index (χ4v) is 3.64. The van der Waals surface area contributed by atoms with Crippen LogP contribution >= 0.6 is 0 Å². The number of methoxy groups -OCH3 is 1. The summed E-state index contributed by atoms with van der Waals surface area (Å²) in [5.41, 5.74) is 3.34. The van der Waals surface area contributed by atoms with Gasteiger partial charge in [0.05, 0.1) is 12.7 Å². The zero-order chi connectivity index (χ0) is 20.7. The number of aromatic amines is 1. The van der Waals surface area contributed by atoms with Crippen molar-refractivity contribution < 1.29 is 14.3 Å². The van der Waals surface area contributed by atoms with Gasteiger partial charge in [0.1, 0.15) is 5.69 Å². The molecule has 0 radical (unpaired) electrons. The van der Waals surface area contributed by atoms with Crippen LogP contribution < -0.4 is 5.32 Å². The predicted octanol–water partition coefficient (Wildman–Crippen LogP) is 3.10. The monoisotopic (exact) mass is 385 g/mol. The zero-order valence-corrected chi connectivity index (χ0v) is 17.5. The predicted molar refractivity (Wildman–Crippen MR) is 111 cm³/mol. The Morgan fingerprint density at radius 2 is 1.79 bits per heavy atom. The van der Waals surface area contributed by atoms with Crippen LogP contribution in [-0.4, -0.2) is 54.5 Å². The number of ether oxygens (including phenoxy) is 1. The number of hydrogen-bond acceptors (Lipinski definition) is 4. The van der Waals surface area contributed by atoms with Crippen molar-refractivity contribution in [3.63, 3.8) is 0 Å². The summed E-state index contributed by atoms with van der Waals surface area (Å²) >= 11 is 0. The molecule has 0 fully saturated rings. The number of likely N-dealkylation sites (N-methyl/N-ethyl adjacent to an activating group) is 1. The quantitative estimate of drug-likeness (QED) is 0.651. The Morgan fingerprint density at radius 3 is 2.36 bits per heavy atom. The third-order valence-electron chi connectivity index (χ3n) is 5.20. The number of esters is 1. The number of carbonyl (C=O) groups excluding carboxylic acids is 2. The van der Waals surface area contributed by atoms with Gasteiger partial charge < -0.3 is 15.0 Å². The van der Waals surface area contributed by atoms with E-state index in [0.29, 0.717) is 29.1 Å². The first-order valence-corrected chi connectivity index (χ1v) is 9.76. The number of aromatic nitrogens is 1. The van der Waals surface area contributed by atoms with Crippen LogP contribution in [0.15, 0.2) is 30.3 Å². The number of nitrogens with one attached hydrogen (secondary N) is 2. The number of hydrogen-bond donors (Lipinski definition) is 2. The molecular weight excluding hydrogens is 354 g/mol. The molecular formula is C22H31N3O3. The van der Waals surface area contributed by atoms with Crippen LogP contribution in [0.1, 0.15) is 51.5 Å². The number of amides is 1. The molecule has 1 amide bonds. The molecule has 6 nitrogen and oxygen atoms in total. The summed E-state index contributed by atoms with van der Waals surface area (Å²) in [5.74, 6) is -0.642. The van der Waals surface area contributed by atoms with E-state index in [2.05, 4.69) is 41.2 Å². The third kappa shape index (κ3) is 5.01. The highest BCUT2D eigenvalue weighted by atomic mass is 16.5.